The van der Waals surface area contributed by atoms with Gasteiger partial charge in [0.1, 0.15) is 6.29 Å². The molecule has 1 aliphatic heterocycles. The first-order valence-electron chi connectivity index (χ1n) is 4.89. The number of halogens is 2. The van der Waals surface area contributed by atoms with E-state index >= 15 is 0 Å². The number of amides is 2. The summed E-state index contributed by atoms with van der Waals surface area (Å²) in [6, 6.07) is 4.33. The largest absolute Gasteiger partial charge is 0.301 e. The zero-order chi connectivity index (χ0) is 13.5. The van der Waals surface area contributed by atoms with Crippen molar-refractivity contribution in [1.29, 1.82) is 0 Å². The quantitative estimate of drug-likeness (QED) is 0.394. The minimum atomic E-state index is -1.61. The molecule has 1 heterocycles. The fraction of sp³-hybridized carbons (Fsp3) is 0.182. The fourth-order valence-electron chi connectivity index (χ4n) is 1.71. The third kappa shape index (κ3) is 2.13. The van der Waals surface area contributed by atoms with Crippen molar-refractivity contribution in [2.45, 2.75) is 11.2 Å². The molecular formula is C11H7Cl2NO3S. The highest BCUT2D eigenvalue weighted by atomic mass is 35.5. The van der Waals surface area contributed by atoms with Crippen LogP contribution < -0.4 is 4.90 Å². The van der Waals surface area contributed by atoms with Crippen LogP contribution >= 0.6 is 35.8 Å². The van der Waals surface area contributed by atoms with Crippen LogP contribution in [0.25, 0.3) is 0 Å². The normalized spacial score (nSPS) is 23.6. The number of rotatable bonds is 2. The summed E-state index contributed by atoms with van der Waals surface area (Å²) >= 11 is 15.6. The van der Waals surface area contributed by atoms with E-state index in [0.29, 0.717) is 16.3 Å². The van der Waals surface area contributed by atoms with Gasteiger partial charge in [0.15, 0.2) is 4.75 Å². The van der Waals surface area contributed by atoms with Gasteiger partial charge >= 0.3 is 0 Å². The van der Waals surface area contributed by atoms with Gasteiger partial charge in [-0.25, -0.2) is 4.90 Å². The van der Waals surface area contributed by atoms with Crippen LogP contribution in [0, 0.1) is 0 Å². The van der Waals surface area contributed by atoms with Crippen molar-refractivity contribution in [3.8, 4) is 0 Å². The summed E-state index contributed by atoms with van der Waals surface area (Å²) < 4.78 is -1.61. The van der Waals surface area contributed by atoms with E-state index < -0.39 is 16.6 Å². The second kappa shape index (κ2) is 4.57. The van der Waals surface area contributed by atoms with Crippen molar-refractivity contribution in [3.63, 3.8) is 0 Å². The number of imide groups is 1. The van der Waals surface area contributed by atoms with Crippen LogP contribution in [-0.2, 0) is 14.4 Å². The van der Waals surface area contributed by atoms with Gasteiger partial charge in [-0.05, 0) is 18.2 Å². The van der Waals surface area contributed by atoms with Gasteiger partial charge in [-0.15, -0.1) is 0 Å². The van der Waals surface area contributed by atoms with Crippen LogP contribution in [0.15, 0.2) is 18.2 Å². The van der Waals surface area contributed by atoms with Gasteiger partial charge in [0.2, 0.25) is 5.91 Å². The number of thiol groups is 1. The van der Waals surface area contributed by atoms with Crippen LogP contribution in [0.3, 0.4) is 0 Å². The molecule has 94 valence electrons. The minimum Gasteiger partial charge on any atom is -0.301 e. The van der Waals surface area contributed by atoms with Crippen molar-refractivity contribution in [2.75, 3.05) is 4.90 Å². The average molecular weight is 304 g/mol. The number of anilines is 1. The van der Waals surface area contributed by atoms with E-state index in [-0.39, 0.29) is 12.1 Å². The maximum absolute atomic E-state index is 12.0. The molecule has 0 bridgehead atoms. The molecule has 0 spiro atoms. The van der Waals surface area contributed by atoms with Crippen LogP contribution in [0.2, 0.25) is 10.0 Å². The van der Waals surface area contributed by atoms with E-state index in [4.69, 9.17) is 23.2 Å². The Morgan fingerprint density at radius 3 is 2.22 bits per heavy atom. The first-order chi connectivity index (χ1) is 8.37. The van der Waals surface area contributed by atoms with Crippen LogP contribution in [0.5, 0.6) is 0 Å². The molecule has 0 N–H and O–H groups in total. The van der Waals surface area contributed by atoms with Gasteiger partial charge in [0.05, 0.1) is 12.1 Å². The van der Waals surface area contributed by atoms with Gasteiger partial charge in [-0.2, -0.15) is 12.6 Å². The second-order valence-corrected chi connectivity index (χ2v) is 5.55. The molecule has 0 radical (unpaired) electrons. The topological polar surface area (TPSA) is 54.5 Å². The van der Waals surface area contributed by atoms with E-state index in [1.807, 2.05) is 0 Å². The van der Waals surface area contributed by atoms with Crippen LogP contribution in [-0.4, -0.2) is 22.8 Å². The molecule has 0 aliphatic carbocycles. The van der Waals surface area contributed by atoms with Crippen molar-refractivity contribution in [2.24, 2.45) is 0 Å². The Morgan fingerprint density at radius 2 is 1.78 bits per heavy atom. The summed E-state index contributed by atoms with van der Waals surface area (Å²) in [7, 11) is 0. The molecule has 1 aromatic rings. The number of aldehydes is 1. The molecule has 1 fully saturated rings. The molecule has 0 aromatic heterocycles. The van der Waals surface area contributed by atoms with Crippen molar-refractivity contribution in [1.82, 2.24) is 0 Å². The standard InChI is InChI=1S/C11H7Cl2NO3S/c12-6-1-7(13)3-8(2-6)14-9(16)4-11(18,5-15)10(14)17/h1-3,5,18H,4H2. The molecule has 1 aliphatic rings. The maximum atomic E-state index is 12.0. The summed E-state index contributed by atoms with van der Waals surface area (Å²) in [6.45, 7) is 0. The summed E-state index contributed by atoms with van der Waals surface area (Å²) in [5.74, 6) is -1.20. The van der Waals surface area contributed by atoms with E-state index in [1.54, 1.807) is 0 Å². The Bertz CT molecular complexity index is 543. The van der Waals surface area contributed by atoms with Gasteiger partial charge in [0, 0.05) is 10.0 Å². The zero-order valence-corrected chi connectivity index (χ0v) is 11.3. The minimum absolute atomic E-state index is 0.236. The van der Waals surface area contributed by atoms with Crippen LogP contribution in [0.1, 0.15) is 6.42 Å². The highest BCUT2D eigenvalue weighted by Crippen LogP contribution is 2.34. The molecule has 1 atom stereocenters. The van der Waals surface area contributed by atoms with E-state index in [1.165, 1.54) is 18.2 Å². The molecule has 0 saturated carbocycles. The number of hydrogen-bond donors (Lipinski definition) is 1. The molecule has 1 unspecified atom stereocenters. The fourth-order valence-corrected chi connectivity index (χ4v) is 2.46. The number of nitrogens with zero attached hydrogens (tertiary/aromatic N) is 1. The van der Waals surface area contributed by atoms with Gasteiger partial charge < -0.3 is 4.79 Å². The van der Waals surface area contributed by atoms with Gasteiger partial charge in [-0.1, -0.05) is 23.2 Å². The predicted octanol–water partition coefficient (Wildman–Crippen LogP) is 2.12. The smallest absolute Gasteiger partial charge is 0.257 e. The lowest BCUT2D eigenvalue weighted by Crippen LogP contribution is -2.37. The SMILES string of the molecule is O=CC1(S)CC(=O)N(c2cc(Cl)cc(Cl)c2)C1=O. The Labute approximate surface area is 118 Å². The highest BCUT2D eigenvalue weighted by molar-refractivity contribution is 7.83. The van der Waals surface area contributed by atoms with Gasteiger partial charge in [0.25, 0.3) is 5.91 Å². The number of carbonyl (C=O) groups excluding carboxylic acids is 3. The van der Waals surface area contributed by atoms with Crippen molar-refractivity contribution >= 4 is 59.6 Å². The summed E-state index contributed by atoms with van der Waals surface area (Å²) in [6.07, 6.45) is 0.0884. The molecular weight excluding hydrogens is 297 g/mol. The lowest BCUT2D eigenvalue weighted by Gasteiger charge is -2.17. The molecule has 1 aromatic carbocycles. The second-order valence-electron chi connectivity index (χ2n) is 3.88. The van der Waals surface area contributed by atoms with E-state index in [0.717, 1.165) is 4.90 Å². The molecule has 2 rings (SSSR count). The third-order valence-electron chi connectivity index (χ3n) is 2.54. The number of benzene rings is 1. The molecule has 2 amide bonds. The summed E-state index contributed by atoms with van der Waals surface area (Å²) in [5.41, 5.74) is 0.236. The molecule has 1 saturated heterocycles. The first-order valence-corrected chi connectivity index (χ1v) is 6.10. The molecule has 7 heteroatoms. The average Bonchev–Trinajstić information content (AvgIpc) is 2.49. The Kier molecular flexibility index (Phi) is 3.40. The third-order valence-corrected chi connectivity index (χ3v) is 3.44. The molecule has 4 nitrogen and oxygen atoms in total. The Hall–Kier alpha value is -1.04. The Balaban J connectivity index is 2.48. The summed E-state index contributed by atoms with van der Waals surface area (Å²) in [5, 5.41) is 0.585. The lowest BCUT2D eigenvalue weighted by molar-refractivity contribution is -0.123. The number of hydrogen-bond acceptors (Lipinski definition) is 4. The number of carbonyl (C=O) groups is 3. The van der Waals surface area contributed by atoms with Crippen molar-refractivity contribution < 1.29 is 14.4 Å². The zero-order valence-electron chi connectivity index (χ0n) is 8.89. The summed E-state index contributed by atoms with van der Waals surface area (Å²) in [4.78, 5) is 35.5. The molecule has 18 heavy (non-hydrogen) atoms. The van der Waals surface area contributed by atoms with Crippen LogP contribution in [0.4, 0.5) is 5.69 Å². The van der Waals surface area contributed by atoms with Gasteiger partial charge in [-0.3, -0.25) is 9.59 Å². The predicted molar refractivity (Wildman–Crippen MR) is 71.4 cm³/mol. The monoisotopic (exact) mass is 303 g/mol. The maximum Gasteiger partial charge on any atom is 0.257 e. The first kappa shape index (κ1) is 13.4. The van der Waals surface area contributed by atoms with E-state index in [2.05, 4.69) is 12.6 Å². The van der Waals surface area contributed by atoms with E-state index in [9.17, 15) is 14.4 Å². The van der Waals surface area contributed by atoms with Crippen molar-refractivity contribution in [3.05, 3.63) is 28.2 Å². The Morgan fingerprint density at radius 1 is 1.22 bits per heavy atom. The highest BCUT2D eigenvalue weighted by Gasteiger charge is 2.50. The lowest BCUT2D eigenvalue weighted by atomic mass is 10.1.